The lowest BCUT2D eigenvalue weighted by molar-refractivity contribution is -0.0599. The van der Waals surface area contributed by atoms with Crippen LogP contribution >= 0.6 is 7.60 Å². The highest BCUT2D eigenvalue weighted by atomic mass is 31.2. The Hall–Kier alpha value is -0.880. The van der Waals surface area contributed by atoms with Crippen molar-refractivity contribution >= 4 is 13.7 Å². The fourth-order valence-electron chi connectivity index (χ4n) is 0.464. The zero-order chi connectivity index (χ0) is 10.5. The van der Waals surface area contributed by atoms with E-state index in [4.69, 9.17) is 15.0 Å². The second kappa shape index (κ2) is 4.98. The maximum Gasteiger partial charge on any atom is 0.433 e. The first-order valence-corrected chi connectivity index (χ1v) is 4.82. The maximum atomic E-state index is 10.5. The predicted octanol–water partition coefficient (Wildman–Crippen LogP) is 0.135. The molecule has 0 saturated heterocycles. The Morgan fingerprint density at radius 2 is 2.15 bits per heavy atom. The lowest BCUT2D eigenvalue weighted by Gasteiger charge is -2.09. The molecule has 76 valence electrons. The van der Waals surface area contributed by atoms with Gasteiger partial charge in [-0.2, -0.15) is 5.06 Å². The van der Waals surface area contributed by atoms with Gasteiger partial charge in [-0.1, -0.05) is 6.08 Å². The van der Waals surface area contributed by atoms with Crippen LogP contribution in [0.25, 0.3) is 0 Å². The maximum absolute atomic E-state index is 10.5. The Bertz CT molecular complexity index is 245. The second-order valence-electron chi connectivity index (χ2n) is 2.03. The van der Waals surface area contributed by atoms with Gasteiger partial charge >= 0.3 is 13.7 Å². The van der Waals surface area contributed by atoms with E-state index in [2.05, 4.69) is 4.74 Å². The van der Waals surface area contributed by atoms with Gasteiger partial charge in [-0.15, -0.1) is 0 Å². The van der Waals surface area contributed by atoms with Crippen molar-refractivity contribution in [2.45, 2.75) is 0 Å². The van der Waals surface area contributed by atoms with Crippen LogP contribution in [0.1, 0.15) is 0 Å². The molecule has 8 heteroatoms. The molecule has 1 amide bonds. The lowest BCUT2D eigenvalue weighted by Crippen LogP contribution is -2.27. The first kappa shape index (κ1) is 12.1. The highest BCUT2D eigenvalue weighted by Gasteiger charge is 2.09. The Morgan fingerprint density at radius 3 is 2.54 bits per heavy atom. The van der Waals surface area contributed by atoms with Gasteiger partial charge in [-0.25, -0.2) is 4.79 Å². The van der Waals surface area contributed by atoms with E-state index in [9.17, 15) is 9.36 Å². The molecular formula is C5H10NO6P. The third kappa shape index (κ3) is 6.30. The molecule has 0 aromatic rings. The Labute approximate surface area is 74.3 Å². The van der Waals surface area contributed by atoms with E-state index in [0.29, 0.717) is 5.82 Å². The summed E-state index contributed by atoms with van der Waals surface area (Å²) in [6.07, 6.45) is -0.0482. The minimum Gasteiger partial charge on any atom is -0.451 e. The molecule has 0 rings (SSSR count). The molecule has 3 N–H and O–H groups in total. The molecule has 0 aliphatic heterocycles. The molecule has 0 unspecified atom stereocenters. The number of hydroxylamine groups is 2. The molecule has 0 heterocycles. The van der Waals surface area contributed by atoms with Gasteiger partial charge in [0, 0.05) is 5.82 Å². The number of ether oxygens (including phenoxy) is 1. The summed E-state index contributed by atoms with van der Waals surface area (Å²) in [6, 6.07) is 0. The van der Waals surface area contributed by atoms with E-state index in [1.54, 1.807) is 0 Å². The van der Waals surface area contributed by atoms with Crippen molar-refractivity contribution < 1.29 is 29.1 Å². The molecule has 0 aromatic carbocycles. The Balaban J connectivity index is 3.96. The van der Waals surface area contributed by atoms with E-state index in [1.165, 1.54) is 0 Å². The van der Waals surface area contributed by atoms with Gasteiger partial charge in [0.2, 0.25) is 0 Å². The number of methoxy groups -OCH3 is 1. The van der Waals surface area contributed by atoms with E-state index in [0.717, 1.165) is 13.2 Å². The van der Waals surface area contributed by atoms with Crippen LogP contribution in [-0.2, 0) is 9.30 Å². The Kier molecular flexibility index (Phi) is 4.64. The molecule has 0 atom stereocenters. The van der Waals surface area contributed by atoms with Gasteiger partial charge in [0.1, 0.15) is 0 Å². The molecule has 0 fully saturated rings. The lowest BCUT2D eigenvalue weighted by atomic mass is 10.6. The molecule has 0 spiro atoms. The van der Waals surface area contributed by atoms with Crippen molar-refractivity contribution in [2.24, 2.45) is 0 Å². The first-order valence-electron chi connectivity index (χ1n) is 3.14. The van der Waals surface area contributed by atoms with Gasteiger partial charge in [-0.05, 0) is 0 Å². The van der Waals surface area contributed by atoms with Crippen LogP contribution in [0, 0.1) is 0 Å². The minimum absolute atomic E-state index is 0.173. The average molecular weight is 211 g/mol. The monoisotopic (exact) mass is 211 g/mol. The van der Waals surface area contributed by atoms with Crippen LogP contribution in [0.4, 0.5) is 4.79 Å². The minimum atomic E-state index is -4.23. The summed E-state index contributed by atoms with van der Waals surface area (Å²) in [7, 11) is -3.16. The van der Waals surface area contributed by atoms with Gasteiger partial charge in [-0.3, -0.25) is 9.77 Å². The normalized spacial score (nSPS) is 11.7. The van der Waals surface area contributed by atoms with E-state index < -0.39 is 13.7 Å². The summed E-state index contributed by atoms with van der Waals surface area (Å²) in [5.74, 6) is 0.582. The fraction of sp³-hybridized carbons (Fsp3) is 0.400. The van der Waals surface area contributed by atoms with Crippen LogP contribution in [0.2, 0.25) is 0 Å². The van der Waals surface area contributed by atoms with Gasteiger partial charge in [0.15, 0.2) is 0 Å². The van der Waals surface area contributed by atoms with Gasteiger partial charge in [0.25, 0.3) is 0 Å². The summed E-state index contributed by atoms with van der Waals surface area (Å²) >= 11 is 0. The quantitative estimate of drug-likeness (QED) is 0.348. The molecule has 0 saturated carbocycles. The molecule has 7 nitrogen and oxygen atoms in total. The molecule has 0 aliphatic rings. The van der Waals surface area contributed by atoms with Crippen LogP contribution in [0.3, 0.4) is 0 Å². The molecule has 0 aliphatic carbocycles. The van der Waals surface area contributed by atoms with Crippen molar-refractivity contribution in [1.29, 1.82) is 0 Å². The van der Waals surface area contributed by atoms with Crippen LogP contribution in [0.15, 0.2) is 11.9 Å². The standard InChI is InChI=1S/C5H10NO6P/c1-12-5(7)6(8)3-2-4-13(9,10)11/h2,4,8H,3H2,1H3,(H2,9,10,11)/b4-2+. The van der Waals surface area contributed by atoms with E-state index in [1.807, 2.05) is 0 Å². The molecule has 0 aromatic heterocycles. The zero-order valence-electron chi connectivity index (χ0n) is 6.82. The molecular weight excluding hydrogens is 201 g/mol. The van der Waals surface area contributed by atoms with E-state index >= 15 is 0 Å². The highest BCUT2D eigenvalue weighted by molar-refractivity contribution is 7.55. The van der Waals surface area contributed by atoms with Gasteiger partial charge < -0.3 is 14.5 Å². The smallest absolute Gasteiger partial charge is 0.433 e. The third-order valence-electron chi connectivity index (χ3n) is 0.963. The van der Waals surface area contributed by atoms with Crippen LogP contribution in [-0.4, -0.2) is 39.8 Å². The number of nitrogens with zero attached hydrogens (tertiary/aromatic N) is 1. The predicted molar refractivity (Wildman–Crippen MR) is 42.1 cm³/mol. The molecule has 13 heavy (non-hydrogen) atoms. The summed E-state index contributed by atoms with van der Waals surface area (Å²) in [6.45, 7) is -0.349. The summed E-state index contributed by atoms with van der Waals surface area (Å²) in [4.78, 5) is 27.2. The number of hydrogen-bond acceptors (Lipinski definition) is 4. The number of hydrogen-bond donors (Lipinski definition) is 3. The van der Waals surface area contributed by atoms with Crippen LogP contribution in [0.5, 0.6) is 0 Å². The Morgan fingerprint density at radius 1 is 1.62 bits per heavy atom. The van der Waals surface area contributed by atoms with Crippen molar-refractivity contribution in [3.05, 3.63) is 11.9 Å². The summed E-state index contributed by atoms with van der Waals surface area (Å²) in [5, 5.41) is 8.94. The molecule has 0 bridgehead atoms. The second-order valence-corrected chi connectivity index (χ2v) is 3.50. The fourth-order valence-corrected chi connectivity index (χ4v) is 0.833. The number of amides is 1. The SMILES string of the molecule is COC(=O)N(O)C/C=C/P(=O)(O)O. The van der Waals surface area contributed by atoms with Crippen molar-refractivity contribution in [3.63, 3.8) is 0 Å². The summed E-state index contributed by atoms with van der Waals surface area (Å²) < 4.78 is 14.3. The third-order valence-corrected chi connectivity index (χ3v) is 1.56. The van der Waals surface area contributed by atoms with Gasteiger partial charge in [0.05, 0.1) is 13.7 Å². The molecule has 0 radical (unpaired) electrons. The topological polar surface area (TPSA) is 107 Å². The van der Waals surface area contributed by atoms with Crippen LogP contribution < -0.4 is 0 Å². The largest absolute Gasteiger partial charge is 0.451 e. The summed E-state index contributed by atoms with van der Waals surface area (Å²) in [5.41, 5.74) is 0. The average Bonchev–Trinajstić information content (AvgIpc) is 2.00. The van der Waals surface area contributed by atoms with Crippen molar-refractivity contribution in [1.82, 2.24) is 5.06 Å². The zero-order valence-corrected chi connectivity index (χ0v) is 7.72. The first-order chi connectivity index (χ1) is 5.87. The highest BCUT2D eigenvalue weighted by Crippen LogP contribution is 2.35. The number of rotatable bonds is 3. The van der Waals surface area contributed by atoms with Crippen molar-refractivity contribution in [3.8, 4) is 0 Å². The van der Waals surface area contributed by atoms with E-state index in [-0.39, 0.29) is 11.6 Å². The van der Waals surface area contributed by atoms with Crippen molar-refractivity contribution in [2.75, 3.05) is 13.7 Å². The number of carbonyl (C=O) groups is 1. The number of carbonyl (C=O) groups excluding carboxylic acids is 1.